The molecule has 1 spiro atoms. The zero-order valence-corrected chi connectivity index (χ0v) is 21.6. The molecule has 6 nitrogen and oxygen atoms in total. The molecule has 1 unspecified atom stereocenters. The first kappa shape index (κ1) is 24.0. The molecule has 2 amide bonds. The molecule has 0 fully saturated rings. The Kier molecular flexibility index (Phi) is 5.25. The first-order chi connectivity index (χ1) is 19.4. The van der Waals surface area contributed by atoms with Gasteiger partial charge < -0.3 is 14.2 Å². The number of carbonyl (C=O) groups excluding carboxylic acids is 2. The van der Waals surface area contributed by atoms with Crippen LogP contribution in [0.4, 0.5) is 10.1 Å². The van der Waals surface area contributed by atoms with Crippen molar-refractivity contribution in [2.24, 2.45) is 0 Å². The molecule has 40 heavy (non-hydrogen) atoms. The number of hydrogen-bond donors (Lipinski definition) is 0. The van der Waals surface area contributed by atoms with Gasteiger partial charge in [0.1, 0.15) is 11.4 Å². The van der Waals surface area contributed by atoms with E-state index >= 15 is 0 Å². The number of benzene rings is 4. The summed E-state index contributed by atoms with van der Waals surface area (Å²) in [6.45, 7) is 1.96. The van der Waals surface area contributed by atoms with Crippen molar-refractivity contribution in [2.45, 2.75) is 25.6 Å². The van der Waals surface area contributed by atoms with E-state index in [1.165, 1.54) is 15.9 Å². The minimum atomic E-state index is -1.77. The first-order valence-corrected chi connectivity index (χ1v) is 13.0. The van der Waals surface area contributed by atoms with E-state index in [0.29, 0.717) is 16.8 Å². The van der Waals surface area contributed by atoms with Crippen LogP contribution in [0.15, 0.2) is 106 Å². The highest BCUT2D eigenvalue weighted by Crippen LogP contribution is 2.53. The molecule has 3 heterocycles. The normalized spacial score (nSPS) is 17.6. The topological polar surface area (TPSA) is 70.8 Å². The van der Waals surface area contributed by atoms with Crippen molar-refractivity contribution in [1.82, 2.24) is 4.90 Å². The maximum Gasteiger partial charge on any atom is 0.291 e. The van der Waals surface area contributed by atoms with Gasteiger partial charge in [0.15, 0.2) is 11.0 Å². The highest BCUT2D eigenvalue weighted by atomic mass is 19.1. The molecular formula is C33H23FN2O4. The molecule has 196 valence electrons. The molecule has 0 aliphatic carbocycles. The van der Waals surface area contributed by atoms with Crippen LogP contribution in [0.5, 0.6) is 0 Å². The SMILES string of the molecule is Cc1ccc(CN2C(=O)c3oc4ccccc4c(=O)c3C23C(=O)N(Cc2ccccc2F)c2ccccc23)cc1. The Balaban J connectivity index is 1.51. The van der Waals surface area contributed by atoms with Gasteiger partial charge >= 0.3 is 0 Å². The third kappa shape index (κ3) is 3.24. The molecule has 0 N–H and O–H groups in total. The van der Waals surface area contributed by atoms with Gasteiger partial charge in [-0.05, 0) is 36.8 Å². The monoisotopic (exact) mass is 530 g/mol. The van der Waals surface area contributed by atoms with Gasteiger partial charge in [0.2, 0.25) is 5.76 Å². The maximum absolute atomic E-state index is 14.8. The number of aryl methyl sites for hydroxylation is 1. The predicted molar refractivity (Wildman–Crippen MR) is 148 cm³/mol. The van der Waals surface area contributed by atoms with E-state index in [-0.39, 0.29) is 35.4 Å². The Bertz CT molecular complexity index is 1910. The average molecular weight is 531 g/mol. The highest BCUT2D eigenvalue weighted by Gasteiger charge is 2.65. The van der Waals surface area contributed by atoms with Gasteiger partial charge in [0.25, 0.3) is 11.8 Å². The summed E-state index contributed by atoms with van der Waals surface area (Å²) < 4.78 is 20.9. The molecule has 2 aliphatic rings. The molecule has 0 saturated carbocycles. The molecule has 5 aromatic rings. The van der Waals surface area contributed by atoms with Crippen LogP contribution in [0.25, 0.3) is 11.0 Å². The average Bonchev–Trinajstić information content (AvgIpc) is 3.36. The zero-order valence-electron chi connectivity index (χ0n) is 21.6. The molecule has 7 rings (SSSR count). The summed E-state index contributed by atoms with van der Waals surface area (Å²) in [5.41, 5.74) is 1.22. The summed E-state index contributed by atoms with van der Waals surface area (Å²) in [7, 11) is 0. The first-order valence-electron chi connectivity index (χ1n) is 13.0. The fraction of sp³-hybridized carbons (Fsp3) is 0.121. The van der Waals surface area contributed by atoms with Gasteiger partial charge in [0.05, 0.1) is 23.2 Å². The summed E-state index contributed by atoms with van der Waals surface area (Å²) in [5, 5.41) is 0.281. The largest absolute Gasteiger partial charge is 0.450 e. The number of amides is 2. The predicted octanol–water partition coefficient (Wildman–Crippen LogP) is 5.69. The van der Waals surface area contributed by atoms with Crippen LogP contribution < -0.4 is 10.3 Å². The highest BCUT2D eigenvalue weighted by molar-refractivity contribution is 6.17. The second kappa shape index (κ2) is 8.74. The summed E-state index contributed by atoms with van der Waals surface area (Å²) in [4.78, 5) is 46.0. The van der Waals surface area contributed by atoms with E-state index in [9.17, 15) is 18.8 Å². The van der Waals surface area contributed by atoms with Crippen molar-refractivity contribution in [3.63, 3.8) is 0 Å². The zero-order chi connectivity index (χ0) is 27.6. The second-order valence-corrected chi connectivity index (χ2v) is 10.2. The van der Waals surface area contributed by atoms with Crippen LogP contribution in [-0.4, -0.2) is 16.7 Å². The molecule has 0 radical (unpaired) electrons. The third-order valence-electron chi connectivity index (χ3n) is 7.89. The number of nitrogens with zero attached hydrogens (tertiary/aromatic N) is 2. The summed E-state index contributed by atoms with van der Waals surface area (Å²) in [5.74, 6) is -1.64. The van der Waals surface area contributed by atoms with Gasteiger partial charge in [-0.2, -0.15) is 0 Å². The van der Waals surface area contributed by atoms with Crippen molar-refractivity contribution < 1.29 is 18.4 Å². The van der Waals surface area contributed by atoms with Crippen molar-refractivity contribution in [1.29, 1.82) is 0 Å². The number of anilines is 1. The van der Waals surface area contributed by atoms with E-state index in [1.807, 2.05) is 31.2 Å². The quantitative estimate of drug-likeness (QED) is 0.300. The standard InChI is InChI=1S/C33H23FN2O4/c1-20-14-16-21(17-15-20)18-36-31(38)30-28(29(37)23-9-3-7-13-27(23)40-30)33(36)24-10-4-6-12-26(24)35(32(33)39)19-22-8-2-5-11-25(22)34/h2-17H,18-19H2,1H3. The van der Waals surface area contributed by atoms with E-state index in [2.05, 4.69) is 0 Å². The van der Waals surface area contributed by atoms with Crippen molar-refractivity contribution in [3.8, 4) is 0 Å². The lowest BCUT2D eigenvalue weighted by atomic mass is 9.83. The Morgan fingerprint density at radius 2 is 1.50 bits per heavy atom. The van der Waals surface area contributed by atoms with Gasteiger partial charge in [-0.15, -0.1) is 0 Å². The fourth-order valence-electron chi connectivity index (χ4n) is 5.99. The molecule has 0 bridgehead atoms. The van der Waals surface area contributed by atoms with E-state index in [1.54, 1.807) is 66.7 Å². The maximum atomic E-state index is 14.8. The number of halogens is 1. The van der Waals surface area contributed by atoms with E-state index < -0.39 is 28.6 Å². The lowest BCUT2D eigenvalue weighted by Crippen LogP contribution is -2.53. The summed E-state index contributed by atoms with van der Waals surface area (Å²) in [6.07, 6.45) is 0. The van der Waals surface area contributed by atoms with Gasteiger partial charge in [-0.25, -0.2) is 4.39 Å². The molecule has 1 atom stereocenters. The Hall–Kier alpha value is -5.04. The number of fused-ring (bicyclic) bond motifs is 5. The molecule has 4 aromatic carbocycles. The van der Waals surface area contributed by atoms with Crippen LogP contribution >= 0.6 is 0 Å². The van der Waals surface area contributed by atoms with Crippen LogP contribution in [-0.2, 0) is 23.4 Å². The number of para-hydroxylation sites is 2. The molecule has 2 aliphatic heterocycles. The molecule has 7 heteroatoms. The van der Waals surface area contributed by atoms with Crippen molar-refractivity contribution >= 4 is 28.5 Å². The van der Waals surface area contributed by atoms with Crippen LogP contribution in [0.1, 0.15) is 38.4 Å². The van der Waals surface area contributed by atoms with E-state index in [0.717, 1.165) is 11.1 Å². The fourth-order valence-corrected chi connectivity index (χ4v) is 5.99. The summed E-state index contributed by atoms with van der Waals surface area (Å²) in [6, 6.07) is 27.7. The lowest BCUT2D eigenvalue weighted by Gasteiger charge is -2.34. The van der Waals surface area contributed by atoms with Gasteiger partial charge in [0, 0.05) is 17.7 Å². The Morgan fingerprint density at radius 3 is 2.30 bits per heavy atom. The van der Waals surface area contributed by atoms with E-state index in [4.69, 9.17) is 4.42 Å². The molecule has 0 saturated heterocycles. The number of carbonyl (C=O) groups is 2. The van der Waals surface area contributed by atoms with Gasteiger partial charge in [-0.1, -0.05) is 78.4 Å². The minimum Gasteiger partial charge on any atom is -0.450 e. The van der Waals surface area contributed by atoms with Crippen LogP contribution in [0.3, 0.4) is 0 Å². The van der Waals surface area contributed by atoms with Crippen molar-refractivity contribution in [2.75, 3.05) is 4.90 Å². The van der Waals surface area contributed by atoms with Gasteiger partial charge in [-0.3, -0.25) is 14.4 Å². The molecule has 1 aromatic heterocycles. The summed E-state index contributed by atoms with van der Waals surface area (Å²) >= 11 is 0. The second-order valence-electron chi connectivity index (χ2n) is 10.2. The Labute approximate surface area is 228 Å². The number of rotatable bonds is 4. The van der Waals surface area contributed by atoms with Crippen LogP contribution in [0, 0.1) is 12.7 Å². The minimum absolute atomic E-state index is 0.00297. The van der Waals surface area contributed by atoms with Crippen LogP contribution in [0.2, 0.25) is 0 Å². The lowest BCUT2D eigenvalue weighted by molar-refractivity contribution is -0.126. The molecular weight excluding hydrogens is 507 g/mol. The Morgan fingerprint density at radius 1 is 0.800 bits per heavy atom. The van der Waals surface area contributed by atoms with Crippen molar-refractivity contribution in [3.05, 3.63) is 147 Å². The smallest absolute Gasteiger partial charge is 0.291 e. The number of hydrogen-bond acceptors (Lipinski definition) is 4. The third-order valence-corrected chi connectivity index (χ3v) is 7.89.